The Morgan fingerprint density at radius 2 is 2.05 bits per heavy atom. The van der Waals surface area contributed by atoms with Crippen LogP contribution in [0.15, 0.2) is 46.9 Å². The molecular weight excluding hydrogens is 328 g/mol. The second-order valence-corrected chi connectivity index (χ2v) is 6.09. The minimum absolute atomic E-state index is 0.0398. The number of hydrogen-bond acceptors (Lipinski definition) is 2. The van der Waals surface area contributed by atoms with E-state index in [2.05, 4.69) is 21.2 Å². The maximum absolute atomic E-state index is 12.9. The molecule has 3 rings (SSSR count). The van der Waals surface area contributed by atoms with Crippen LogP contribution in [-0.4, -0.2) is 19.0 Å². The third-order valence-electron chi connectivity index (χ3n) is 3.67. The molecule has 0 unspecified atom stereocenters. The van der Waals surface area contributed by atoms with E-state index in [0.717, 1.165) is 40.9 Å². The molecule has 2 aromatic rings. The summed E-state index contributed by atoms with van der Waals surface area (Å²) in [5.74, 6) is 0.0398. The highest BCUT2D eigenvalue weighted by Crippen LogP contribution is 2.30. The van der Waals surface area contributed by atoms with E-state index in [1.165, 1.54) is 0 Å². The first-order valence-electron chi connectivity index (χ1n) is 7.08. The van der Waals surface area contributed by atoms with Gasteiger partial charge in [0.25, 0.3) is 5.91 Å². The zero-order chi connectivity index (χ0) is 14.8. The molecule has 1 N–H and O–H groups in total. The molecule has 21 heavy (non-hydrogen) atoms. The predicted molar refractivity (Wildman–Crippen MR) is 90.1 cm³/mol. The molecule has 1 aliphatic rings. The van der Waals surface area contributed by atoms with E-state index in [0.29, 0.717) is 5.56 Å². The molecule has 0 aliphatic carbocycles. The number of aryl methyl sites for hydroxylation is 1. The zero-order valence-corrected chi connectivity index (χ0v) is 13.5. The molecule has 2 aromatic carbocycles. The summed E-state index contributed by atoms with van der Waals surface area (Å²) in [6.45, 7) is 3.63. The second kappa shape index (κ2) is 5.90. The lowest BCUT2D eigenvalue weighted by atomic mass is 10.1. The highest BCUT2D eigenvalue weighted by Gasteiger charge is 2.23. The average molecular weight is 345 g/mol. The summed E-state index contributed by atoms with van der Waals surface area (Å²) in [6, 6.07) is 13.8. The van der Waals surface area contributed by atoms with Gasteiger partial charge < -0.3 is 10.2 Å². The Morgan fingerprint density at radius 1 is 1.24 bits per heavy atom. The Balaban J connectivity index is 2.01. The van der Waals surface area contributed by atoms with Crippen molar-refractivity contribution in [1.82, 2.24) is 0 Å². The smallest absolute Gasteiger partial charge is 0.259 e. The van der Waals surface area contributed by atoms with Gasteiger partial charge in [0.15, 0.2) is 0 Å². The highest BCUT2D eigenvalue weighted by molar-refractivity contribution is 9.10. The molecule has 0 radical (unpaired) electrons. The molecule has 108 valence electrons. The number of nitrogens with zero attached hydrogens (tertiary/aromatic N) is 1. The molecule has 1 heterocycles. The number of para-hydroxylation sites is 2. The van der Waals surface area contributed by atoms with Crippen LogP contribution < -0.4 is 10.2 Å². The summed E-state index contributed by atoms with van der Waals surface area (Å²) in [5, 5.41) is 3.38. The van der Waals surface area contributed by atoms with Crippen molar-refractivity contribution in [3.63, 3.8) is 0 Å². The number of benzene rings is 2. The number of nitrogens with one attached hydrogen (secondary N) is 1. The monoisotopic (exact) mass is 344 g/mol. The fourth-order valence-corrected chi connectivity index (χ4v) is 3.25. The Hall–Kier alpha value is -1.81. The number of anilines is 2. The normalized spacial score (nSPS) is 14.1. The van der Waals surface area contributed by atoms with E-state index < -0.39 is 0 Å². The highest BCUT2D eigenvalue weighted by atomic mass is 79.9. The number of carbonyl (C=O) groups is 1. The Kier molecular flexibility index (Phi) is 3.97. The number of rotatable bonds is 1. The van der Waals surface area contributed by atoms with Crippen molar-refractivity contribution in [1.29, 1.82) is 0 Å². The van der Waals surface area contributed by atoms with Gasteiger partial charge in [-0.15, -0.1) is 0 Å². The minimum Gasteiger partial charge on any atom is -0.383 e. The molecule has 4 heteroatoms. The summed E-state index contributed by atoms with van der Waals surface area (Å²) >= 11 is 3.51. The number of carbonyl (C=O) groups excluding carboxylic acids is 1. The van der Waals surface area contributed by atoms with Gasteiger partial charge >= 0.3 is 0 Å². The SMILES string of the molecule is Cc1ccc(C(=O)N2CCCNc3ccccc32)c(Br)c1. The first-order valence-corrected chi connectivity index (χ1v) is 7.87. The Morgan fingerprint density at radius 3 is 2.86 bits per heavy atom. The summed E-state index contributed by atoms with van der Waals surface area (Å²) in [6.07, 6.45) is 0.934. The van der Waals surface area contributed by atoms with Gasteiger partial charge in [-0.2, -0.15) is 0 Å². The Labute approximate surface area is 133 Å². The van der Waals surface area contributed by atoms with Crippen molar-refractivity contribution >= 4 is 33.2 Å². The molecular formula is C17H17BrN2O. The molecule has 0 saturated carbocycles. The summed E-state index contributed by atoms with van der Waals surface area (Å²) in [4.78, 5) is 14.8. The third kappa shape index (κ3) is 2.81. The molecule has 0 spiro atoms. The maximum atomic E-state index is 12.9. The van der Waals surface area contributed by atoms with Crippen LogP contribution in [0.4, 0.5) is 11.4 Å². The van der Waals surface area contributed by atoms with Gasteiger partial charge in [0.05, 0.1) is 16.9 Å². The molecule has 0 aromatic heterocycles. The van der Waals surface area contributed by atoms with Crippen molar-refractivity contribution < 1.29 is 4.79 Å². The van der Waals surface area contributed by atoms with Crippen LogP contribution in [0.2, 0.25) is 0 Å². The van der Waals surface area contributed by atoms with E-state index >= 15 is 0 Å². The van der Waals surface area contributed by atoms with Crippen LogP contribution in [-0.2, 0) is 0 Å². The lowest BCUT2D eigenvalue weighted by Crippen LogP contribution is -2.31. The van der Waals surface area contributed by atoms with Crippen LogP contribution in [0.5, 0.6) is 0 Å². The topological polar surface area (TPSA) is 32.3 Å². The lowest BCUT2D eigenvalue weighted by Gasteiger charge is -2.23. The maximum Gasteiger partial charge on any atom is 0.259 e. The fourth-order valence-electron chi connectivity index (χ4n) is 2.59. The number of fused-ring (bicyclic) bond motifs is 1. The van der Waals surface area contributed by atoms with Crippen LogP contribution in [0.3, 0.4) is 0 Å². The van der Waals surface area contributed by atoms with Crippen LogP contribution in [0, 0.1) is 6.92 Å². The first-order chi connectivity index (χ1) is 10.2. The largest absolute Gasteiger partial charge is 0.383 e. The van der Waals surface area contributed by atoms with E-state index in [9.17, 15) is 4.79 Å². The molecule has 1 amide bonds. The van der Waals surface area contributed by atoms with Crippen LogP contribution in [0.25, 0.3) is 0 Å². The molecule has 0 saturated heterocycles. The molecule has 1 aliphatic heterocycles. The standard InChI is InChI=1S/C17H17BrN2O/c1-12-7-8-13(14(18)11-12)17(21)20-10-4-9-19-15-5-2-3-6-16(15)20/h2-3,5-8,11,19H,4,9-10H2,1H3. The van der Waals surface area contributed by atoms with Gasteiger partial charge in [-0.05, 0) is 59.1 Å². The van der Waals surface area contributed by atoms with Crippen LogP contribution in [0.1, 0.15) is 22.3 Å². The van der Waals surface area contributed by atoms with Crippen molar-refractivity contribution in [3.05, 3.63) is 58.1 Å². The number of amides is 1. The zero-order valence-electron chi connectivity index (χ0n) is 11.9. The molecule has 0 fully saturated rings. The van der Waals surface area contributed by atoms with Crippen molar-refractivity contribution in [3.8, 4) is 0 Å². The molecule has 0 bridgehead atoms. The van der Waals surface area contributed by atoms with Crippen molar-refractivity contribution in [2.24, 2.45) is 0 Å². The van der Waals surface area contributed by atoms with Gasteiger partial charge in [0.2, 0.25) is 0 Å². The van der Waals surface area contributed by atoms with E-state index in [1.54, 1.807) is 0 Å². The van der Waals surface area contributed by atoms with Gasteiger partial charge in [-0.1, -0.05) is 18.2 Å². The lowest BCUT2D eigenvalue weighted by molar-refractivity contribution is 0.0986. The van der Waals surface area contributed by atoms with Crippen molar-refractivity contribution in [2.45, 2.75) is 13.3 Å². The van der Waals surface area contributed by atoms with E-state index in [1.807, 2.05) is 54.3 Å². The van der Waals surface area contributed by atoms with E-state index in [-0.39, 0.29) is 5.91 Å². The quantitative estimate of drug-likeness (QED) is 0.839. The number of hydrogen-bond donors (Lipinski definition) is 1. The van der Waals surface area contributed by atoms with E-state index in [4.69, 9.17) is 0 Å². The van der Waals surface area contributed by atoms with Crippen LogP contribution >= 0.6 is 15.9 Å². The molecule has 0 atom stereocenters. The van der Waals surface area contributed by atoms with Crippen molar-refractivity contribution in [2.75, 3.05) is 23.3 Å². The molecule has 3 nitrogen and oxygen atoms in total. The van der Waals surface area contributed by atoms with Gasteiger partial charge in [-0.25, -0.2) is 0 Å². The van der Waals surface area contributed by atoms with Gasteiger partial charge in [-0.3, -0.25) is 4.79 Å². The number of halogens is 1. The summed E-state index contributed by atoms with van der Waals surface area (Å²) < 4.78 is 0.849. The first kappa shape index (κ1) is 14.1. The summed E-state index contributed by atoms with van der Waals surface area (Å²) in [5.41, 5.74) is 3.81. The Bertz CT molecular complexity index is 684. The van der Waals surface area contributed by atoms with Gasteiger partial charge in [0.1, 0.15) is 0 Å². The minimum atomic E-state index is 0.0398. The summed E-state index contributed by atoms with van der Waals surface area (Å²) in [7, 11) is 0. The fraction of sp³-hybridized carbons (Fsp3) is 0.235. The predicted octanol–water partition coefficient (Wildman–Crippen LogP) is 4.22. The average Bonchev–Trinajstić information content (AvgIpc) is 2.69. The second-order valence-electron chi connectivity index (χ2n) is 5.24. The third-order valence-corrected chi connectivity index (χ3v) is 4.33. The van der Waals surface area contributed by atoms with Gasteiger partial charge in [0, 0.05) is 17.6 Å².